The number of carbonyl (C=O) groups excluding carboxylic acids is 2. The fourth-order valence-corrected chi connectivity index (χ4v) is 2.27. The summed E-state index contributed by atoms with van der Waals surface area (Å²) in [6, 6.07) is 7.24. The minimum Gasteiger partial charge on any atom is -0.493 e. The molecule has 1 aromatic carbocycles. The minimum absolute atomic E-state index is 0.0104. The van der Waals surface area contributed by atoms with E-state index in [9.17, 15) is 9.59 Å². The number of para-hydroxylation sites is 1. The highest BCUT2D eigenvalue weighted by Gasteiger charge is 2.19. The molecule has 0 saturated carbocycles. The molecule has 5 nitrogen and oxygen atoms in total. The zero-order valence-corrected chi connectivity index (χ0v) is 11.7. The van der Waals surface area contributed by atoms with Crippen LogP contribution in [0.2, 0.25) is 0 Å². The summed E-state index contributed by atoms with van der Waals surface area (Å²) >= 11 is 0. The molecule has 0 aliphatic carbocycles. The van der Waals surface area contributed by atoms with E-state index < -0.39 is 0 Å². The van der Waals surface area contributed by atoms with Gasteiger partial charge in [-0.25, -0.2) is 0 Å². The molecule has 0 aromatic heterocycles. The van der Waals surface area contributed by atoms with Crippen LogP contribution in [0.4, 0.5) is 0 Å². The number of hydrogen-bond acceptors (Lipinski definition) is 4. The standard InChI is InChI=1S/C15H20N2O3/c1-2-20-14-7-4-3-6-12(14)13(18)10-17-9-5-8-16-15(19)11-17/h3-4,6-7H,2,5,8-11H2,1H3,(H,16,19). The molecule has 5 heteroatoms. The van der Waals surface area contributed by atoms with Crippen LogP contribution in [0.3, 0.4) is 0 Å². The topological polar surface area (TPSA) is 58.6 Å². The van der Waals surface area contributed by atoms with E-state index in [0.29, 0.717) is 24.5 Å². The van der Waals surface area contributed by atoms with Crippen LogP contribution in [-0.2, 0) is 4.79 Å². The van der Waals surface area contributed by atoms with E-state index >= 15 is 0 Å². The van der Waals surface area contributed by atoms with Gasteiger partial charge >= 0.3 is 0 Å². The van der Waals surface area contributed by atoms with Gasteiger partial charge in [-0.2, -0.15) is 0 Å². The van der Waals surface area contributed by atoms with E-state index in [4.69, 9.17) is 4.74 Å². The van der Waals surface area contributed by atoms with Crippen molar-refractivity contribution in [3.05, 3.63) is 29.8 Å². The second kappa shape index (κ2) is 7.05. The van der Waals surface area contributed by atoms with Gasteiger partial charge in [-0.15, -0.1) is 0 Å². The van der Waals surface area contributed by atoms with E-state index in [1.54, 1.807) is 12.1 Å². The van der Waals surface area contributed by atoms with E-state index in [-0.39, 0.29) is 24.8 Å². The largest absolute Gasteiger partial charge is 0.493 e. The summed E-state index contributed by atoms with van der Waals surface area (Å²) in [5.41, 5.74) is 0.582. The van der Waals surface area contributed by atoms with Gasteiger partial charge in [0.1, 0.15) is 5.75 Å². The first kappa shape index (κ1) is 14.5. The SMILES string of the molecule is CCOc1ccccc1C(=O)CN1CCCNC(=O)C1. The lowest BCUT2D eigenvalue weighted by molar-refractivity contribution is -0.121. The van der Waals surface area contributed by atoms with Crippen LogP contribution in [0, 0.1) is 0 Å². The fourth-order valence-electron chi connectivity index (χ4n) is 2.27. The maximum absolute atomic E-state index is 12.4. The highest BCUT2D eigenvalue weighted by Crippen LogP contribution is 2.19. The van der Waals surface area contributed by atoms with E-state index in [0.717, 1.165) is 13.0 Å². The minimum atomic E-state index is -0.0200. The van der Waals surface area contributed by atoms with Crippen LogP contribution < -0.4 is 10.1 Å². The average molecular weight is 276 g/mol. The highest BCUT2D eigenvalue weighted by atomic mass is 16.5. The summed E-state index contributed by atoms with van der Waals surface area (Å²) in [7, 11) is 0. The summed E-state index contributed by atoms with van der Waals surface area (Å²) in [5, 5.41) is 2.80. The van der Waals surface area contributed by atoms with Gasteiger partial charge in [-0.1, -0.05) is 12.1 Å². The zero-order valence-electron chi connectivity index (χ0n) is 11.7. The Balaban J connectivity index is 2.05. The van der Waals surface area contributed by atoms with Gasteiger partial charge in [-0.3, -0.25) is 14.5 Å². The van der Waals surface area contributed by atoms with Gasteiger partial charge in [0, 0.05) is 13.1 Å². The number of nitrogens with one attached hydrogen (secondary N) is 1. The average Bonchev–Trinajstić information content (AvgIpc) is 2.64. The maximum Gasteiger partial charge on any atom is 0.234 e. The van der Waals surface area contributed by atoms with Crippen molar-refractivity contribution in [1.82, 2.24) is 10.2 Å². The third-order valence-corrected chi connectivity index (χ3v) is 3.20. The van der Waals surface area contributed by atoms with Gasteiger partial charge in [0.2, 0.25) is 5.91 Å². The maximum atomic E-state index is 12.4. The molecule has 0 unspecified atom stereocenters. The van der Waals surface area contributed by atoms with Crippen molar-refractivity contribution in [2.75, 3.05) is 32.8 Å². The van der Waals surface area contributed by atoms with Crippen LogP contribution in [0.1, 0.15) is 23.7 Å². The summed E-state index contributed by atoms with van der Waals surface area (Å²) in [4.78, 5) is 25.7. The van der Waals surface area contributed by atoms with E-state index in [1.807, 2.05) is 24.0 Å². The quantitative estimate of drug-likeness (QED) is 0.818. The van der Waals surface area contributed by atoms with Gasteiger partial charge in [0.15, 0.2) is 5.78 Å². The summed E-state index contributed by atoms with van der Waals surface area (Å²) in [6.07, 6.45) is 0.867. The Hall–Kier alpha value is -1.88. The first-order valence-corrected chi connectivity index (χ1v) is 6.94. The van der Waals surface area contributed by atoms with Crippen molar-refractivity contribution in [2.24, 2.45) is 0 Å². The molecule has 1 aromatic rings. The number of amides is 1. The number of hydrogen-bond donors (Lipinski definition) is 1. The zero-order chi connectivity index (χ0) is 14.4. The van der Waals surface area contributed by atoms with Crippen LogP contribution in [0.5, 0.6) is 5.75 Å². The summed E-state index contributed by atoms with van der Waals surface area (Å²) < 4.78 is 5.47. The number of ether oxygens (including phenoxy) is 1. The van der Waals surface area contributed by atoms with E-state index in [1.165, 1.54) is 0 Å². The molecule has 1 aliphatic rings. The fraction of sp³-hybridized carbons (Fsp3) is 0.467. The second-order valence-corrected chi connectivity index (χ2v) is 4.77. The van der Waals surface area contributed by atoms with Crippen LogP contribution >= 0.6 is 0 Å². The lowest BCUT2D eigenvalue weighted by atomic mass is 10.1. The number of Topliss-reactive ketones (excluding diaryl/α,β-unsaturated/α-hetero) is 1. The molecule has 1 fully saturated rings. The molecule has 0 bridgehead atoms. The van der Waals surface area contributed by atoms with Crippen molar-refractivity contribution in [2.45, 2.75) is 13.3 Å². The predicted octanol–water partition coefficient (Wildman–Crippen LogP) is 1.09. The van der Waals surface area contributed by atoms with Crippen LogP contribution in [0.15, 0.2) is 24.3 Å². The molecule has 1 heterocycles. The Morgan fingerprint density at radius 2 is 2.20 bits per heavy atom. The van der Waals surface area contributed by atoms with Crippen LogP contribution in [-0.4, -0.2) is 49.4 Å². The third kappa shape index (κ3) is 3.81. The Morgan fingerprint density at radius 3 is 3.00 bits per heavy atom. The van der Waals surface area contributed by atoms with Crippen molar-refractivity contribution in [3.63, 3.8) is 0 Å². The van der Waals surface area contributed by atoms with Crippen molar-refractivity contribution in [1.29, 1.82) is 0 Å². The smallest absolute Gasteiger partial charge is 0.234 e. The van der Waals surface area contributed by atoms with Crippen molar-refractivity contribution >= 4 is 11.7 Å². The first-order valence-electron chi connectivity index (χ1n) is 6.94. The van der Waals surface area contributed by atoms with Gasteiger partial charge < -0.3 is 10.1 Å². The van der Waals surface area contributed by atoms with Crippen molar-refractivity contribution in [3.8, 4) is 5.75 Å². The molecule has 1 saturated heterocycles. The molecule has 1 N–H and O–H groups in total. The van der Waals surface area contributed by atoms with Crippen molar-refractivity contribution < 1.29 is 14.3 Å². The van der Waals surface area contributed by atoms with Gasteiger partial charge in [0.05, 0.1) is 25.3 Å². The van der Waals surface area contributed by atoms with Gasteiger partial charge in [0.25, 0.3) is 0 Å². The summed E-state index contributed by atoms with van der Waals surface area (Å²) in [5.74, 6) is 0.580. The monoisotopic (exact) mass is 276 g/mol. The van der Waals surface area contributed by atoms with E-state index in [2.05, 4.69) is 5.32 Å². The molecule has 1 amide bonds. The first-order chi connectivity index (χ1) is 9.70. The molecule has 1 aliphatic heterocycles. The van der Waals surface area contributed by atoms with Crippen LogP contribution in [0.25, 0.3) is 0 Å². The number of benzene rings is 1. The Morgan fingerprint density at radius 1 is 1.40 bits per heavy atom. The molecule has 0 atom stereocenters. The molecule has 0 spiro atoms. The molecular weight excluding hydrogens is 256 g/mol. The Bertz CT molecular complexity index is 488. The third-order valence-electron chi connectivity index (χ3n) is 3.20. The lowest BCUT2D eigenvalue weighted by Crippen LogP contribution is -2.36. The molecule has 20 heavy (non-hydrogen) atoms. The molecule has 0 radical (unpaired) electrons. The molecule has 108 valence electrons. The summed E-state index contributed by atoms with van der Waals surface area (Å²) in [6.45, 7) is 4.37. The Labute approximate surface area is 118 Å². The predicted molar refractivity (Wildman–Crippen MR) is 76.0 cm³/mol. The molecule has 2 rings (SSSR count). The number of carbonyl (C=O) groups is 2. The van der Waals surface area contributed by atoms with Gasteiger partial charge in [-0.05, 0) is 25.5 Å². The lowest BCUT2D eigenvalue weighted by Gasteiger charge is -2.18. The Kier molecular flexibility index (Phi) is 5.12. The number of rotatable bonds is 5. The normalized spacial score (nSPS) is 16.4. The molecular formula is C15H20N2O3. The second-order valence-electron chi connectivity index (χ2n) is 4.77. The highest BCUT2D eigenvalue weighted by molar-refractivity contribution is 6.00. The number of ketones is 1. The number of nitrogens with zero attached hydrogens (tertiary/aromatic N) is 1.